The molecule has 1 aliphatic heterocycles. The van der Waals surface area contributed by atoms with Crippen molar-refractivity contribution >= 4 is 17.5 Å². The van der Waals surface area contributed by atoms with E-state index in [-0.39, 0.29) is 25.2 Å². The van der Waals surface area contributed by atoms with Crippen LogP contribution in [-0.4, -0.2) is 67.2 Å². The van der Waals surface area contributed by atoms with Crippen molar-refractivity contribution in [1.29, 1.82) is 0 Å². The molecule has 1 unspecified atom stereocenters. The number of ketones is 1. The number of Topliss-reactive ketones (excluding diaryl/α,β-unsaturated/α-hetero) is 1. The first-order valence-corrected chi connectivity index (χ1v) is 11.1. The van der Waals surface area contributed by atoms with E-state index in [1.54, 1.807) is 31.2 Å². The maximum atomic E-state index is 13.2. The average Bonchev–Trinajstić information content (AvgIpc) is 2.81. The zero-order valence-corrected chi connectivity index (χ0v) is 18.8. The zero-order valence-electron chi connectivity index (χ0n) is 18.8. The lowest BCUT2D eigenvalue weighted by Crippen LogP contribution is -2.55. The van der Waals surface area contributed by atoms with Gasteiger partial charge in [-0.25, -0.2) is 4.79 Å². The molecule has 0 aliphatic carbocycles. The van der Waals surface area contributed by atoms with Gasteiger partial charge in [-0.15, -0.1) is 0 Å². The molecule has 1 aromatic carbocycles. The minimum absolute atomic E-state index is 0.0260. The van der Waals surface area contributed by atoms with Crippen molar-refractivity contribution in [2.24, 2.45) is 5.92 Å². The van der Waals surface area contributed by atoms with E-state index < -0.39 is 53.9 Å². The van der Waals surface area contributed by atoms with Crippen LogP contribution in [0.15, 0.2) is 47.4 Å². The number of benzene rings is 1. The van der Waals surface area contributed by atoms with E-state index in [0.717, 1.165) is 10.1 Å². The smallest absolute Gasteiger partial charge is 0.349 e. The maximum absolute atomic E-state index is 13.2. The number of amides is 1. The number of aromatic nitrogens is 2. The number of hydrogen-bond donors (Lipinski definition) is 5. The van der Waals surface area contributed by atoms with Crippen LogP contribution in [0.2, 0.25) is 0 Å². The Hall–Kier alpha value is -3.12. The molecule has 1 aliphatic rings. The molecule has 11 heteroatoms. The number of anilines is 1. The highest BCUT2D eigenvalue weighted by molar-refractivity contribution is 5.89. The van der Waals surface area contributed by atoms with Crippen molar-refractivity contribution in [2.75, 3.05) is 5.73 Å². The Labute approximate surface area is 196 Å². The van der Waals surface area contributed by atoms with Gasteiger partial charge in [0.15, 0.2) is 12.1 Å². The Morgan fingerprint density at radius 1 is 1.18 bits per heavy atom. The molecule has 0 saturated carbocycles. The first-order chi connectivity index (χ1) is 16.2. The summed E-state index contributed by atoms with van der Waals surface area (Å²) in [7, 11) is 0. The monoisotopic (exact) mass is 474 g/mol. The second-order valence-corrected chi connectivity index (χ2v) is 8.36. The van der Waals surface area contributed by atoms with E-state index in [1.165, 1.54) is 12.3 Å². The predicted molar refractivity (Wildman–Crippen MR) is 121 cm³/mol. The summed E-state index contributed by atoms with van der Waals surface area (Å²) in [4.78, 5) is 41.4. The van der Waals surface area contributed by atoms with Crippen LogP contribution in [-0.2, 0) is 27.3 Å². The minimum atomic E-state index is -1.44. The normalized spacial score (nSPS) is 25.5. The second-order valence-electron chi connectivity index (χ2n) is 8.36. The molecule has 0 radical (unpaired) electrons. The molecule has 1 aromatic heterocycles. The van der Waals surface area contributed by atoms with E-state index in [2.05, 4.69) is 10.3 Å². The zero-order chi connectivity index (χ0) is 24.8. The Bertz CT molecular complexity index is 1050. The summed E-state index contributed by atoms with van der Waals surface area (Å²) in [6.07, 6.45) is -3.29. The van der Waals surface area contributed by atoms with Crippen LogP contribution >= 0.6 is 0 Å². The number of nitrogens with one attached hydrogen (secondary N) is 1. The number of nitrogens with zero attached hydrogens (tertiary/aromatic N) is 2. The van der Waals surface area contributed by atoms with Crippen molar-refractivity contribution in [3.05, 3.63) is 58.6 Å². The van der Waals surface area contributed by atoms with Crippen molar-refractivity contribution in [3.63, 3.8) is 0 Å². The van der Waals surface area contributed by atoms with Crippen LogP contribution < -0.4 is 16.7 Å². The van der Waals surface area contributed by atoms with Gasteiger partial charge in [-0.2, -0.15) is 4.98 Å². The quantitative estimate of drug-likeness (QED) is 0.304. The predicted octanol–water partition coefficient (Wildman–Crippen LogP) is -1.02. The standard InChI is InChI=1S/C23H30N4O7/c1-2-17-21(31)20(30)14(22(32)34-17)11-16(28)15(10-13-6-4-3-5-7-13)25-19(29)12-27-9-8-18(24)26-23(27)33/h3-9,14-15,17,20-22,30-32H,2,10-12H2,1H3,(H,25,29)(H2,24,26,33)/t14?,15-,17+,20+,21+,22+/m0/s1. The van der Waals surface area contributed by atoms with Gasteiger partial charge in [0, 0.05) is 18.5 Å². The summed E-state index contributed by atoms with van der Waals surface area (Å²) in [5.41, 5.74) is 5.54. The summed E-state index contributed by atoms with van der Waals surface area (Å²) in [6.45, 7) is 1.37. The number of carbonyl (C=O) groups excluding carboxylic acids is 2. The fourth-order valence-electron chi connectivity index (χ4n) is 3.99. The Morgan fingerprint density at radius 2 is 1.88 bits per heavy atom. The Kier molecular flexibility index (Phi) is 8.51. The van der Waals surface area contributed by atoms with E-state index in [9.17, 15) is 29.7 Å². The maximum Gasteiger partial charge on any atom is 0.349 e. The highest BCUT2D eigenvalue weighted by Gasteiger charge is 2.44. The highest BCUT2D eigenvalue weighted by atomic mass is 16.6. The number of nitrogen functional groups attached to an aromatic ring is 1. The highest BCUT2D eigenvalue weighted by Crippen LogP contribution is 2.29. The molecule has 1 amide bonds. The molecule has 11 nitrogen and oxygen atoms in total. The topological polar surface area (TPSA) is 177 Å². The van der Waals surface area contributed by atoms with Gasteiger partial charge in [0.25, 0.3) is 0 Å². The van der Waals surface area contributed by atoms with E-state index in [4.69, 9.17) is 10.5 Å². The Morgan fingerprint density at radius 3 is 2.53 bits per heavy atom. The largest absolute Gasteiger partial charge is 0.390 e. The van der Waals surface area contributed by atoms with Gasteiger partial charge in [0.1, 0.15) is 18.5 Å². The summed E-state index contributed by atoms with van der Waals surface area (Å²) < 4.78 is 6.42. The fourth-order valence-corrected chi connectivity index (χ4v) is 3.99. The molecule has 2 aromatic rings. The Balaban J connectivity index is 1.75. The molecular formula is C23H30N4O7. The molecule has 3 rings (SSSR count). The van der Waals surface area contributed by atoms with Gasteiger partial charge in [-0.05, 0) is 24.5 Å². The molecule has 2 heterocycles. The summed E-state index contributed by atoms with van der Waals surface area (Å²) in [5, 5.41) is 33.7. The van der Waals surface area contributed by atoms with Gasteiger partial charge < -0.3 is 31.1 Å². The molecule has 1 fully saturated rings. The van der Waals surface area contributed by atoms with Crippen molar-refractivity contribution in [3.8, 4) is 0 Å². The average molecular weight is 475 g/mol. The number of ether oxygens (including phenoxy) is 1. The molecule has 6 N–H and O–H groups in total. The third kappa shape index (κ3) is 6.26. The molecule has 0 bridgehead atoms. The summed E-state index contributed by atoms with van der Waals surface area (Å²) in [6, 6.07) is 9.37. The van der Waals surface area contributed by atoms with Gasteiger partial charge in [0.2, 0.25) is 5.91 Å². The molecular weight excluding hydrogens is 444 g/mol. The first-order valence-electron chi connectivity index (χ1n) is 11.1. The number of nitrogens with two attached hydrogens (primary N) is 1. The third-order valence-electron chi connectivity index (χ3n) is 5.91. The van der Waals surface area contributed by atoms with Crippen LogP contribution in [0.25, 0.3) is 0 Å². The van der Waals surface area contributed by atoms with Crippen LogP contribution in [0.4, 0.5) is 5.82 Å². The molecule has 0 spiro atoms. The molecule has 6 atom stereocenters. The SMILES string of the molecule is CC[C@H]1O[C@@H](O)C(CC(=O)[C@H](Cc2ccccc2)NC(=O)Cn2ccc(N)nc2=O)[C@@H](O)[C@@H]1O. The fraction of sp³-hybridized carbons (Fsp3) is 0.478. The van der Waals surface area contributed by atoms with Crippen LogP contribution in [0.3, 0.4) is 0 Å². The summed E-state index contributed by atoms with van der Waals surface area (Å²) >= 11 is 0. The van der Waals surface area contributed by atoms with Gasteiger partial charge >= 0.3 is 5.69 Å². The molecule has 184 valence electrons. The van der Waals surface area contributed by atoms with Crippen molar-refractivity contribution in [1.82, 2.24) is 14.9 Å². The lowest BCUT2D eigenvalue weighted by Gasteiger charge is -2.40. The number of aliphatic hydroxyl groups excluding tert-OH is 3. The van der Waals surface area contributed by atoms with Gasteiger partial charge in [-0.3, -0.25) is 14.2 Å². The minimum Gasteiger partial charge on any atom is -0.390 e. The van der Waals surface area contributed by atoms with Crippen LogP contribution in [0, 0.1) is 5.92 Å². The first kappa shape index (κ1) is 25.5. The van der Waals surface area contributed by atoms with Crippen LogP contribution in [0.5, 0.6) is 0 Å². The number of hydrogen-bond acceptors (Lipinski definition) is 9. The number of rotatable bonds is 9. The van der Waals surface area contributed by atoms with Gasteiger partial charge in [0.05, 0.1) is 18.2 Å². The lowest BCUT2D eigenvalue weighted by atomic mass is 9.84. The van der Waals surface area contributed by atoms with Crippen molar-refractivity contribution < 1.29 is 29.6 Å². The van der Waals surface area contributed by atoms with E-state index in [0.29, 0.717) is 6.42 Å². The summed E-state index contributed by atoms with van der Waals surface area (Å²) in [5.74, 6) is -2.11. The molecule has 1 saturated heterocycles. The van der Waals surface area contributed by atoms with E-state index >= 15 is 0 Å². The van der Waals surface area contributed by atoms with E-state index in [1.807, 2.05) is 6.07 Å². The number of aliphatic hydroxyl groups is 3. The van der Waals surface area contributed by atoms with Crippen molar-refractivity contribution in [2.45, 2.75) is 63.4 Å². The van der Waals surface area contributed by atoms with Crippen LogP contribution in [0.1, 0.15) is 25.3 Å². The molecule has 34 heavy (non-hydrogen) atoms. The number of carbonyl (C=O) groups is 2. The third-order valence-corrected chi connectivity index (χ3v) is 5.91. The lowest BCUT2D eigenvalue weighted by molar-refractivity contribution is -0.264. The second kappa shape index (κ2) is 11.3. The van der Waals surface area contributed by atoms with Gasteiger partial charge in [-0.1, -0.05) is 37.3 Å².